The fourth-order valence-electron chi connectivity index (χ4n) is 3.41. The Labute approximate surface area is 165 Å². The van der Waals surface area contributed by atoms with Crippen molar-refractivity contribution in [2.45, 2.75) is 26.0 Å². The smallest absolute Gasteiger partial charge is 0.147 e. The lowest BCUT2D eigenvalue weighted by molar-refractivity contribution is 0.287. The first-order valence-corrected chi connectivity index (χ1v) is 9.58. The van der Waals surface area contributed by atoms with Crippen molar-refractivity contribution < 1.29 is 9.47 Å². The Morgan fingerprint density at radius 3 is 2.50 bits per heavy atom. The largest absolute Gasteiger partial charge is 0.497 e. The molecule has 0 saturated carbocycles. The van der Waals surface area contributed by atoms with Crippen LogP contribution in [-0.2, 0) is 19.6 Å². The van der Waals surface area contributed by atoms with Gasteiger partial charge in [-0.2, -0.15) is 0 Å². The van der Waals surface area contributed by atoms with Crippen molar-refractivity contribution in [3.63, 3.8) is 0 Å². The van der Waals surface area contributed by atoms with Gasteiger partial charge in [0.05, 0.1) is 18.1 Å². The average Bonchev–Trinajstić information content (AvgIpc) is 3.11. The Morgan fingerprint density at radius 2 is 1.64 bits per heavy atom. The minimum atomic E-state index is 0.424. The molecule has 0 fully saturated rings. The average molecular weight is 372 g/mol. The van der Waals surface area contributed by atoms with Gasteiger partial charge >= 0.3 is 0 Å². The normalized spacial score (nSPS) is 10.9. The first-order valence-electron chi connectivity index (χ1n) is 9.58. The summed E-state index contributed by atoms with van der Waals surface area (Å²) in [5.41, 5.74) is 3.52. The van der Waals surface area contributed by atoms with Crippen molar-refractivity contribution in [1.82, 2.24) is 9.55 Å². The van der Waals surface area contributed by atoms with Gasteiger partial charge in [0.1, 0.15) is 23.9 Å². The molecule has 0 bridgehead atoms. The number of fused-ring (bicyclic) bond motifs is 1. The topological polar surface area (TPSA) is 36.3 Å². The monoisotopic (exact) mass is 372 g/mol. The number of aryl methyl sites for hydroxylation is 2. The van der Waals surface area contributed by atoms with E-state index < -0.39 is 0 Å². The number of rotatable bonds is 8. The number of hydrogen-bond acceptors (Lipinski definition) is 3. The van der Waals surface area contributed by atoms with Gasteiger partial charge in [0, 0.05) is 12.6 Å². The number of ether oxygens (including phenoxy) is 2. The quantitative estimate of drug-likeness (QED) is 0.423. The van der Waals surface area contributed by atoms with Crippen LogP contribution in [0.15, 0.2) is 78.9 Å². The number of hydrogen-bond donors (Lipinski definition) is 0. The highest BCUT2D eigenvalue weighted by atomic mass is 16.5. The molecule has 0 aliphatic heterocycles. The Kier molecular flexibility index (Phi) is 5.57. The van der Waals surface area contributed by atoms with Crippen molar-refractivity contribution in [3.8, 4) is 11.5 Å². The molecule has 0 radical (unpaired) electrons. The minimum absolute atomic E-state index is 0.424. The summed E-state index contributed by atoms with van der Waals surface area (Å²) in [4.78, 5) is 4.80. The maximum absolute atomic E-state index is 6.01. The number of methoxy groups -OCH3 is 1. The summed E-state index contributed by atoms with van der Waals surface area (Å²) in [7, 11) is 1.66. The third kappa shape index (κ3) is 4.17. The van der Waals surface area contributed by atoms with E-state index in [0.29, 0.717) is 6.61 Å². The van der Waals surface area contributed by atoms with Gasteiger partial charge in [-0.1, -0.05) is 48.5 Å². The predicted molar refractivity (Wildman–Crippen MR) is 112 cm³/mol. The summed E-state index contributed by atoms with van der Waals surface area (Å²) in [6.45, 7) is 1.33. The molecule has 0 unspecified atom stereocenters. The van der Waals surface area contributed by atoms with Gasteiger partial charge in [-0.25, -0.2) is 4.98 Å². The molecule has 0 spiro atoms. The SMILES string of the molecule is COc1cccc(OCc2nc3ccccc3n2CCCc2ccccc2)c1. The van der Waals surface area contributed by atoms with Crippen LogP contribution in [0, 0.1) is 0 Å². The van der Waals surface area contributed by atoms with Gasteiger partial charge < -0.3 is 14.0 Å². The highest BCUT2D eigenvalue weighted by Gasteiger charge is 2.11. The molecule has 28 heavy (non-hydrogen) atoms. The van der Waals surface area contributed by atoms with E-state index >= 15 is 0 Å². The van der Waals surface area contributed by atoms with Crippen LogP contribution in [0.5, 0.6) is 11.5 Å². The van der Waals surface area contributed by atoms with E-state index in [-0.39, 0.29) is 0 Å². The molecule has 142 valence electrons. The summed E-state index contributed by atoms with van der Waals surface area (Å²) in [6, 6.07) is 26.5. The molecule has 0 atom stereocenters. The molecular formula is C24H24N2O2. The molecule has 4 nitrogen and oxygen atoms in total. The summed E-state index contributed by atoms with van der Waals surface area (Å²) in [6.07, 6.45) is 2.10. The second-order valence-corrected chi connectivity index (χ2v) is 6.73. The van der Waals surface area contributed by atoms with Crippen molar-refractivity contribution in [3.05, 3.63) is 90.3 Å². The van der Waals surface area contributed by atoms with Gasteiger partial charge in [0.25, 0.3) is 0 Å². The predicted octanol–water partition coefficient (Wildman–Crippen LogP) is 5.26. The summed E-state index contributed by atoms with van der Waals surface area (Å²) >= 11 is 0. The molecule has 0 aliphatic rings. The number of aromatic nitrogens is 2. The number of benzene rings is 3. The number of imidazole rings is 1. The number of para-hydroxylation sites is 2. The molecule has 3 aromatic carbocycles. The van der Waals surface area contributed by atoms with Crippen LogP contribution in [0.4, 0.5) is 0 Å². The van der Waals surface area contributed by atoms with E-state index in [1.165, 1.54) is 5.56 Å². The van der Waals surface area contributed by atoms with E-state index in [9.17, 15) is 0 Å². The molecule has 4 heteroatoms. The van der Waals surface area contributed by atoms with Gasteiger partial charge in [-0.05, 0) is 42.7 Å². The third-order valence-electron chi connectivity index (χ3n) is 4.83. The molecule has 0 N–H and O–H groups in total. The Balaban J connectivity index is 1.51. The van der Waals surface area contributed by atoms with Gasteiger partial charge in [0.15, 0.2) is 0 Å². The fraction of sp³-hybridized carbons (Fsp3) is 0.208. The number of nitrogens with zero attached hydrogens (tertiary/aromatic N) is 2. The van der Waals surface area contributed by atoms with Crippen LogP contribution in [0.2, 0.25) is 0 Å². The molecule has 4 rings (SSSR count). The molecular weight excluding hydrogens is 348 g/mol. The van der Waals surface area contributed by atoms with Crippen LogP contribution < -0.4 is 9.47 Å². The van der Waals surface area contributed by atoms with Crippen LogP contribution in [0.25, 0.3) is 11.0 Å². The maximum atomic E-state index is 6.01. The first kappa shape index (κ1) is 18.1. The Bertz CT molecular complexity index is 1040. The summed E-state index contributed by atoms with van der Waals surface area (Å²) < 4.78 is 13.6. The Morgan fingerprint density at radius 1 is 0.857 bits per heavy atom. The first-order chi connectivity index (χ1) is 13.8. The molecule has 1 heterocycles. The molecule has 4 aromatic rings. The lowest BCUT2D eigenvalue weighted by Gasteiger charge is -2.11. The van der Waals surface area contributed by atoms with Gasteiger partial charge in [-0.3, -0.25) is 0 Å². The zero-order valence-corrected chi connectivity index (χ0v) is 16.0. The third-order valence-corrected chi connectivity index (χ3v) is 4.83. The van der Waals surface area contributed by atoms with Crippen molar-refractivity contribution in [1.29, 1.82) is 0 Å². The zero-order valence-electron chi connectivity index (χ0n) is 16.0. The molecule has 1 aromatic heterocycles. The van der Waals surface area contributed by atoms with Crippen LogP contribution in [0.3, 0.4) is 0 Å². The summed E-state index contributed by atoms with van der Waals surface area (Å²) in [5, 5.41) is 0. The standard InChI is InChI=1S/C24H24N2O2/c1-27-20-12-7-13-21(17-20)28-18-24-25-22-14-5-6-15-23(22)26(24)16-8-11-19-9-3-2-4-10-19/h2-7,9-10,12-15,17H,8,11,16,18H2,1H3. The minimum Gasteiger partial charge on any atom is -0.497 e. The fourth-order valence-corrected chi connectivity index (χ4v) is 3.41. The van der Waals surface area contributed by atoms with Crippen LogP contribution >= 0.6 is 0 Å². The van der Waals surface area contributed by atoms with Gasteiger partial charge in [0.2, 0.25) is 0 Å². The summed E-state index contributed by atoms with van der Waals surface area (Å²) in [5.74, 6) is 2.51. The van der Waals surface area contributed by atoms with Crippen LogP contribution in [-0.4, -0.2) is 16.7 Å². The van der Waals surface area contributed by atoms with Gasteiger partial charge in [-0.15, -0.1) is 0 Å². The second-order valence-electron chi connectivity index (χ2n) is 6.73. The molecule has 0 aliphatic carbocycles. The second kappa shape index (κ2) is 8.61. The highest BCUT2D eigenvalue weighted by molar-refractivity contribution is 5.75. The van der Waals surface area contributed by atoms with E-state index in [2.05, 4.69) is 53.1 Å². The van der Waals surface area contributed by atoms with Crippen molar-refractivity contribution >= 4 is 11.0 Å². The van der Waals surface area contributed by atoms with E-state index in [1.54, 1.807) is 7.11 Å². The van der Waals surface area contributed by atoms with Crippen molar-refractivity contribution in [2.24, 2.45) is 0 Å². The lowest BCUT2D eigenvalue weighted by atomic mass is 10.1. The van der Waals surface area contributed by atoms with Crippen LogP contribution in [0.1, 0.15) is 17.8 Å². The maximum Gasteiger partial charge on any atom is 0.147 e. The highest BCUT2D eigenvalue weighted by Crippen LogP contribution is 2.22. The zero-order chi connectivity index (χ0) is 19.2. The lowest BCUT2D eigenvalue weighted by Crippen LogP contribution is -2.08. The van der Waals surface area contributed by atoms with E-state index in [1.807, 2.05) is 30.3 Å². The Hall–Kier alpha value is -3.27. The molecule has 0 amide bonds. The van der Waals surface area contributed by atoms with Crippen molar-refractivity contribution in [2.75, 3.05) is 7.11 Å². The van der Waals surface area contributed by atoms with E-state index in [4.69, 9.17) is 14.5 Å². The molecule has 0 saturated heterocycles. The van der Waals surface area contributed by atoms with E-state index in [0.717, 1.165) is 47.7 Å².